The van der Waals surface area contributed by atoms with Gasteiger partial charge in [-0.25, -0.2) is 13.1 Å². The molecule has 1 aliphatic heterocycles. The van der Waals surface area contributed by atoms with Gasteiger partial charge in [0, 0.05) is 19.1 Å². The van der Waals surface area contributed by atoms with Crippen LogP contribution in [0.25, 0.3) is 0 Å². The third-order valence-electron chi connectivity index (χ3n) is 4.39. The summed E-state index contributed by atoms with van der Waals surface area (Å²) in [6, 6.07) is 16.0. The lowest BCUT2D eigenvalue weighted by Gasteiger charge is -2.25. The zero-order valence-electron chi connectivity index (χ0n) is 13.4. The number of phenols is 1. The summed E-state index contributed by atoms with van der Waals surface area (Å²) in [5.41, 5.74) is 1.16. The van der Waals surface area contributed by atoms with Crippen LogP contribution in [0.4, 0.5) is 0 Å². The van der Waals surface area contributed by atoms with Gasteiger partial charge in [-0.05, 0) is 49.2 Å². The fourth-order valence-corrected chi connectivity index (χ4v) is 4.22. The molecule has 128 valence electrons. The zero-order chi connectivity index (χ0) is 17.0. The molecule has 2 N–H and O–H groups in total. The van der Waals surface area contributed by atoms with Crippen molar-refractivity contribution in [1.82, 2.24) is 9.62 Å². The van der Waals surface area contributed by atoms with E-state index in [2.05, 4.69) is 9.62 Å². The molecule has 5 nitrogen and oxygen atoms in total. The summed E-state index contributed by atoms with van der Waals surface area (Å²) in [5.74, 6) is 0.263. The van der Waals surface area contributed by atoms with Gasteiger partial charge < -0.3 is 5.11 Å². The number of likely N-dealkylation sites (tertiary alicyclic amines) is 1. The molecule has 0 aromatic heterocycles. The van der Waals surface area contributed by atoms with Gasteiger partial charge in [0.1, 0.15) is 5.75 Å². The summed E-state index contributed by atoms with van der Waals surface area (Å²) in [4.78, 5) is 2.58. The van der Waals surface area contributed by atoms with Crippen molar-refractivity contribution < 1.29 is 13.5 Å². The van der Waals surface area contributed by atoms with E-state index in [1.54, 1.807) is 42.5 Å². The molecule has 1 atom stereocenters. The second kappa shape index (κ2) is 7.34. The van der Waals surface area contributed by atoms with E-state index in [0.29, 0.717) is 18.0 Å². The average Bonchev–Trinajstić information content (AvgIpc) is 3.05. The van der Waals surface area contributed by atoms with Crippen molar-refractivity contribution in [2.45, 2.75) is 23.8 Å². The van der Waals surface area contributed by atoms with E-state index in [4.69, 9.17) is 0 Å². The molecule has 24 heavy (non-hydrogen) atoms. The van der Waals surface area contributed by atoms with Gasteiger partial charge in [0.2, 0.25) is 10.0 Å². The number of rotatable bonds is 6. The second-order valence-corrected chi connectivity index (χ2v) is 7.76. The van der Waals surface area contributed by atoms with Crippen molar-refractivity contribution in [3.05, 3.63) is 60.2 Å². The normalized spacial score (nSPS) is 18.8. The Hall–Kier alpha value is -1.89. The lowest BCUT2D eigenvalue weighted by Crippen LogP contribution is -2.34. The van der Waals surface area contributed by atoms with Crippen molar-refractivity contribution in [1.29, 1.82) is 0 Å². The van der Waals surface area contributed by atoms with E-state index in [9.17, 15) is 13.5 Å². The van der Waals surface area contributed by atoms with Crippen molar-refractivity contribution in [2.75, 3.05) is 19.6 Å². The minimum atomic E-state index is -3.45. The molecule has 0 spiro atoms. The number of phenolic OH excluding ortho intramolecular Hbond substituents is 1. The van der Waals surface area contributed by atoms with E-state index in [1.165, 1.54) is 0 Å². The summed E-state index contributed by atoms with van der Waals surface area (Å²) >= 11 is 0. The van der Waals surface area contributed by atoms with Crippen LogP contribution in [0.15, 0.2) is 59.5 Å². The Morgan fingerprint density at radius 2 is 1.79 bits per heavy atom. The highest BCUT2D eigenvalue weighted by molar-refractivity contribution is 7.89. The molecule has 1 heterocycles. The smallest absolute Gasteiger partial charge is 0.240 e. The Kier molecular flexibility index (Phi) is 5.18. The van der Waals surface area contributed by atoms with Crippen LogP contribution in [0.2, 0.25) is 0 Å². The van der Waals surface area contributed by atoms with Gasteiger partial charge in [0.15, 0.2) is 0 Å². The summed E-state index contributed by atoms with van der Waals surface area (Å²) in [7, 11) is -3.45. The van der Waals surface area contributed by atoms with Crippen molar-refractivity contribution in [2.24, 2.45) is 0 Å². The molecule has 6 heteroatoms. The molecule has 0 unspecified atom stereocenters. The Balaban J connectivity index is 1.59. The molecular formula is C18H22N2O3S. The molecule has 0 radical (unpaired) electrons. The third-order valence-corrected chi connectivity index (χ3v) is 5.86. The van der Waals surface area contributed by atoms with Gasteiger partial charge >= 0.3 is 0 Å². The molecule has 1 aliphatic rings. The number of nitrogens with one attached hydrogen (secondary N) is 1. The number of sulfonamides is 1. The van der Waals surface area contributed by atoms with Gasteiger partial charge in [0.25, 0.3) is 0 Å². The maximum Gasteiger partial charge on any atom is 0.240 e. The fraction of sp³-hybridized carbons (Fsp3) is 0.333. The van der Waals surface area contributed by atoms with E-state index in [-0.39, 0.29) is 11.8 Å². The highest BCUT2D eigenvalue weighted by Gasteiger charge is 2.26. The topological polar surface area (TPSA) is 69.6 Å². The van der Waals surface area contributed by atoms with Crippen LogP contribution in [0, 0.1) is 0 Å². The summed E-state index contributed by atoms with van der Waals surface area (Å²) in [5, 5.41) is 9.41. The number of aromatic hydroxyl groups is 1. The van der Waals surface area contributed by atoms with Crippen LogP contribution in [-0.2, 0) is 10.0 Å². The molecule has 0 aliphatic carbocycles. The number of hydrogen-bond acceptors (Lipinski definition) is 4. The average molecular weight is 346 g/mol. The predicted octanol–water partition coefficient (Wildman–Crippen LogP) is 2.51. The first-order valence-electron chi connectivity index (χ1n) is 8.14. The quantitative estimate of drug-likeness (QED) is 0.843. The molecule has 3 rings (SSSR count). The van der Waals surface area contributed by atoms with Crippen molar-refractivity contribution >= 4 is 10.0 Å². The molecule has 1 fully saturated rings. The minimum absolute atomic E-state index is 0.263. The van der Waals surface area contributed by atoms with E-state index in [1.807, 2.05) is 12.1 Å². The fourth-order valence-electron chi connectivity index (χ4n) is 3.17. The van der Waals surface area contributed by atoms with Crippen LogP contribution in [-0.4, -0.2) is 38.1 Å². The van der Waals surface area contributed by atoms with Gasteiger partial charge in [-0.2, -0.15) is 0 Å². The Morgan fingerprint density at radius 1 is 1.08 bits per heavy atom. The van der Waals surface area contributed by atoms with Gasteiger partial charge in [0.05, 0.1) is 4.90 Å². The number of hydrogen-bond donors (Lipinski definition) is 2. The Morgan fingerprint density at radius 3 is 2.50 bits per heavy atom. The van der Waals surface area contributed by atoms with Gasteiger partial charge in [-0.1, -0.05) is 30.3 Å². The monoisotopic (exact) mass is 346 g/mol. The van der Waals surface area contributed by atoms with Gasteiger partial charge in [-0.3, -0.25) is 4.90 Å². The number of benzene rings is 2. The standard InChI is InChI=1S/C18H22N2O3S/c21-16-10-8-15(9-11-16)18-7-4-13-20(18)14-12-19-24(22,23)17-5-2-1-3-6-17/h1-3,5-6,8-11,18-19,21H,4,7,12-14H2/t18-/m1/s1. The Labute approximate surface area is 143 Å². The van der Waals surface area contributed by atoms with Crippen LogP contribution in [0.3, 0.4) is 0 Å². The van der Waals surface area contributed by atoms with Crippen molar-refractivity contribution in [3.8, 4) is 5.75 Å². The largest absolute Gasteiger partial charge is 0.508 e. The third kappa shape index (κ3) is 3.95. The summed E-state index contributed by atoms with van der Waals surface area (Å²) in [6.45, 7) is 2.00. The maximum atomic E-state index is 12.2. The van der Waals surface area contributed by atoms with Crippen molar-refractivity contribution in [3.63, 3.8) is 0 Å². The highest BCUT2D eigenvalue weighted by Crippen LogP contribution is 2.32. The van der Waals surface area contributed by atoms with E-state index in [0.717, 1.165) is 24.9 Å². The minimum Gasteiger partial charge on any atom is -0.508 e. The molecule has 0 amide bonds. The molecule has 0 saturated carbocycles. The number of nitrogens with zero attached hydrogens (tertiary/aromatic N) is 1. The molecule has 0 bridgehead atoms. The lowest BCUT2D eigenvalue weighted by atomic mass is 10.0. The second-order valence-electron chi connectivity index (χ2n) is 6.00. The van der Waals surface area contributed by atoms with Gasteiger partial charge in [-0.15, -0.1) is 0 Å². The summed E-state index contributed by atoms with van der Waals surface area (Å²) < 4.78 is 27.1. The highest BCUT2D eigenvalue weighted by atomic mass is 32.2. The lowest BCUT2D eigenvalue weighted by molar-refractivity contribution is 0.261. The first-order chi connectivity index (χ1) is 11.6. The summed E-state index contributed by atoms with van der Waals surface area (Å²) in [6.07, 6.45) is 2.15. The molecule has 1 saturated heterocycles. The molecular weight excluding hydrogens is 324 g/mol. The predicted molar refractivity (Wildman–Crippen MR) is 93.3 cm³/mol. The maximum absolute atomic E-state index is 12.2. The first-order valence-corrected chi connectivity index (χ1v) is 9.62. The van der Waals surface area contributed by atoms with Crippen LogP contribution in [0.1, 0.15) is 24.4 Å². The van der Waals surface area contributed by atoms with Crippen LogP contribution in [0.5, 0.6) is 5.75 Å². The first kappa shape index (κ1) is 17.0. The Bertz CT molecular complexity index is 761. The SMILES string of the molecule is O=S(=O)(NCCN1CCC[C@@H]1c1ccc(O)cc1)c1ccccc1. The zero-order valence-corrected chi connectivity index (χ0v) is 14.2. The van der Waals surface area contributed by atoms with E-state index >= 15 is 0 Å². The molecule has 2 aromatic rings. The van der Waals surface area contributed by atoms with E-state index < -0.39 is 10.0 Å². The molecule has 2 aromatic carbocycles. The van der Waals surface area contributed by atoms with Crippen LogP contribution < -0.4 is 4.72 Å². The van der Waals surface area contributed by atoms with Crippen LogP contribution >= 0.6 is 0 Å².